The van der Waals surface area contributed by atoms with E-state index in [2.05, 4.69) is 47.4 Å². The van der Waals surface area contributed by atoms with Crippen LogP contribution in [-0.2, 0) is 10.1 Å². The Morgan fingerprint density at radius 3 is 2.33 bits per heavy atom. The van der Waals surface area contributed by atoms with E-state index in [9.17, 15) is 18.5 Å². The molecule has 0 spiro atoms. The Morgan fingerprint density at radius 1 is 1.10 bits per heavy atom. The lowest BCUT2D eigenvalue weighted by atomic mass is 10.2. The average Bonchev–Trinajstić information content (AvgIpc) is 2.72. The molecule has 1 aromatic heterocycles. The van der Waals surface area contributed by atoms with Gasteiger partial charge in [-0.25, -0.2) is 4.98 Å². The van der Waals surface area contributed by atoms with Gasteiger partial charge in [0.15, 0.2) is 5.75 Å². The van der Waals surface area contributed by atoms with E-state index in [0.29, 0.717) is 20.3 Å². The van der Waals surface area contributed by atoms with Crippen molar-refractivity contribution in [1.82, 2.24) is 4.98 Å². The molecular weight excluding hydrogens is 544 g/mol. The number of anilines is 1. The van der Waals surface area contributed by atoms with Gasteiger partial charge in [0.25, 0.3) is 5.69 Å². The van der Waals surface area contributed by atoms with Crippen molar-refractivity contribution in [3.63, 3.8) is 0 Å². The summed E-state index contributed by atoms with van der Waals surface area (Å²) < 4.78 is 30.9. The quantitative estimate of drug-likeness (QED) is 0.193. The number of rotatable bonds is 7. The van der Waals surface area contributed by atoms with Crippen LogP contribution in [0.25, 0.3) is 0 Å². The van der Waals surface area contributed by atoms with Crippen LogP contribution in [0.4, 0.5) is 11.5 Å². The predicted octanol–water partition coefficient (Wildman–Crippen LogP) is 4.73. The van der Waals surface area contributed by atoms with Crippen LogP contribution in [0.5, 0.6) is 5.75 Å². The lowest BCUT2D eigenvalue weighted by Crippen LogP contribution is -2.10. The summed E-state index contributed by atoms with van der Waals surface area (Å²) in [4.78, 5) is 14.0. The summed E-state index contributed by atoms with van der Waals surface area (Å²) in [5.74, 6) is 0.421. The second kappa shape index (κ2) is 9.32. The van der Waals surface area contributed by atoms with Gasteiger partial charge in [-0.1, -0.05) is 18.2 Å². The summed E-state index contributed by atoms with van der Waals surface area (Å²) in [6.07, 6.45) is 2.58. The van der Waals surface area contributed by atoms with Crippen LogP contribution in [0.15, 0.2) is 79.7 Å². The van der Waals surface area contributed by atoms with E-state index in [4.69, 9.17) is 4.18 Å². The molecule has 154 valence electrons. The second-order valence-electron chi connectivity index (χ2n) is 5.69. The molecule has 3 rings (SSSR count). The van der Waals surface area contributed by atoms with Crippen LogP contribution in [0.1, 0.15) is 5.56 Å². The molecule has 0 atom stereocenters. The molecule has 12 heteroatoms. The zero-order valence-electron chi connectivity index (χ0n) is 14.9. The van der Waals surface area contributed by atoms with Gasteiger partial charge in [-0.2, -0.15) is 13.5 Å². The molecule has 0 saturated carbocycles. The zero-order valence-corrected chi connectivity index (χ0v) is 18.9. The lowest BCUT2D eigenvalue weighted by Gasteiger charge is -2.11. The van der Waals surface area contributed by atoms with Crippen LogP contribution in [0.2, 0.25) is 0 Å². The summed E-state index contributed by atoms with van der Waals surface area (Å²) in [5, 5.41) is 14.6. The monoisotopic (exact) mass is 554 g/mol. The van der Waals surface area contributed by atoms with E-state index in [1.165, 1.54) is 30.5 Å². The lowest BCUT2D eigenvalue weighted by molar-refractivity contribution is -0.385. The molecule has 2 aromatic carbocycles. The number of pyridine rings is 1. The summed E-state index contributed by atoms with van der Waals surface area (Å²) >= 11 is 6.61. The first-order valence-electron chi connectivity index (χ1n) is 8.14. The molecule has 0 aliphatic heterocycles. The topological polar surface area (TPSA) is 124 Å². The van der Waals surface area contributed by atoms with E-state index >= 15 is 0 Å². The maximum Gasteiger partial charge on any atom is 0.339 e. The first kappa shape index (κ1) is 21.9. The summed E-state index contributed by atoms with van der Waals surface area (Å²) in [7, 11) is -4.00. The van der Waals surface area contributed by atoms with Gasteiger partial charge >= 0.3 is 10.1 Å². The van der Waals surface area contributed by atoms with Crippen molar-refractivity contribution in [2.45, 2.75) is 4.90 Å². The molecule has 0 radical (unpaired) electrons. The van der Waals surface area contributed by atoms with Gasteiger partial charge in [-0.3, -0.25) is 15.5 Å². The number of hydrazone groups is 1. The van der Waals surface area contributed by atoms with Crippen molar-refractivity contribution in [3.05, 3.63) is 85.4 Å². The fraction of sp³-hybridized carbons (Fsp3) is 0. The normalized spacial score (nSPS) is 11.4. The molecule has 1 heterocycles. The molecular formula is C18H12Br2N4O5S. The Bertz CT molecular complexity index is 1180. The van der Waals surface area contributed by atoms with Crippen molar-refractivity contribution < 1.29 is 17.5 Å². The summed E-state index contributed by atoms with van der Waals surface area (Å²) in [5.41, 5.74) is 3.14. The molecule has 9 nitrogen and oxygen atoms in total. The molecule has 0 bridgehead atoms. The maximum atomic E-state index is 12.4. The molecule has 0 aliphatic carbocycles. The van der Waals surface area contributed by atoms with E-state index in [-0.39, 0.29) is 16.3 Å². The van der Waals surface area contributed by atoms with Crippen molar-refractivity contribution in [2.24, 2.45) is 5.10 Å². The third kappa shape index (κ3) is 5.40. The van der Waals surface area contributed by atoms with E-state index in [0.717, 1.165) is 6.20 Å². The predicted molar refractivity (Wildman–Crippen MR) is 118 cm³/mol. The van der Waals surface area contributed by atoms with E-state index < -0.39 is 15.0 Å². The molecule has 1 N–H and O–H groups in total. The number of hydrogen-bond acceptors (Lipinski definition) is 8. The van der Waals surface area contributed by atoms with Crippen LogP contribution in [0.3, 0.4) is 0 Å². The van der Waals surface area contributed by atoms with Gasteiger partial charge in [-0.15, -0.1) is 0 Å². The smallest absolute Gasteiger partial charge is 0.339 e. The summed E-state index contributed by atoms with van der Waals surface area (Å²) in [6.45, 7) is 0. The second-order valence-corrected chi connectivity index (χ2v) is 8.95. The fourth-order valence-corrected chi connectivity index (χ4v) is 4.80. The molecule has 0 fully saturated rings. The molecule has 3 aromatic rings. The van der Waals surface area contributed by atoms with Gasteiger partial charge in [0.1, 0.15) is 16.9 Å². The van der Waals surface area contributed by atoms with E-state index in [1.807, 2.05) is 0 Å². The van der Waals surface area contributed by atoms with Gasteiger partial charge in [0.05, 0.1) is 20.1 Å². The van der Waals surface area contributed by atoms with Gasteiger partial charge in [-0.05, 0) is 67.8 Å². The number of nitrogens with one attached hydrogen (secondary N) is 1. The number of halogens is 2. The number of benzene rings is 2. The SMILES string of the molecule is O=[N+]([O-])c1ccc(N/N=C/c2cc(Br)c(OS(=O)(=O)c3ccccc3)c(Br)c2)nc1. The highest BCUT2D eigenvalue weighted by atomic mass is 79.9. The van der Waals surface area contributed by atoms with Crippen molar-refractivity contribution in [3.8, 4) is 5.75 Å². The molecule has 0 aliphatic rings. The molecule has 0 saturated heterocycles. The van der Waals surface area contributed by atoms with Crippen LogP contribution < -0.4 is 9.61 Å². The molecule has 0 unspecified atom stereocenters. The number of nitrogens with zero attached hydrogens (tertiary/aromatic N) is 3. The highest BCUT2D eigenvalue weighted by Gasteiger charge is 2.20. The Labute approximate surface area is 188 Å². The van der Waals surface area contributed by atoms with Crippen LogP contribution in [0, 0.1) is 10.1 Å². The molecule has 30 heavy (non-hydrogen) atoms. The minimum Gasteiger partial charge on any atom is -0.377 e. The van der Waals surface area contributed by atoms with Crippen molar-refractivity contribution >= 4 is 59.7 Å². The Morgan fingerprint density at radius 2 is 1.77 bits per heavy atom. The van der Waals surface area contributed by atoms with Gasteiger partial charge in [0, 0.05) is 6.07 Å². The number of aromatic nitrogens is 1. The third-order valence-corrected chi connectivity index (χ3v) is 6.01. The molecule has 0 amide bonds. The number of hydrogen-bond donors (Lipinski definition) is 1. The van der Waals surface area contributed by atoms with Gasteiger partial charge in [0.2, 0.25) is 0 Å². The summed E-state index contributed by atoms with van der Waals surface area (Å²) in [6, 6.07) is 13.8. The Kier molecular flexibility index (Phi) is 6.80. The van der Waals surface area contributed by atoms with Crippen LogP contribution in [-0.4, -0.2) is 24.5 Å². The first-order valence-corrected chi connectivity index (χ1v) is 11.1. The standard InChI is InChI=1S/C18H12Br2N4O5S/c19-15-8-12(10-22-23-17-7-6-13(11-21-17)24(25)26)9-16(20)18(15)29-30(27,28)14-4-2-1-3-5-14/h1-11H,(H,21,23)/b22-10+. The minimum absolute atomic E-state index is 0.0363. The van der Waals surface area contributed by atoms with Crippen molar-refractivity contribution in [2.75, 3.05) is 5.43 Å². The third-order valence-electron chi connectivity index (χ3n) is 3.60. The average molecular weight is 556 g/mol. The first-order chi connectivity index (χ1) is 14.3. The Balaban J connectivity index is 1.74. The van der Waals surface area contributed by atoms with Crippen LogP contribution >= 0.6 is 31.9 Å². The van der Waals surface area contributed by atoms with E-state index in [1.54, 1.807) is 30.3 Å². The largest absolute Gasteiger partial charge is 0.377 e. The van der Waals surface area contributed by atoms with Crippen molar-refractivity contribution in [1.29, 1.82) is 0 Å². The highest BCUT2D eigenvalue weighted by Crippen LogP contribution is 2.36. The van der Waals surface area contributed by atoms with Gasteiger partial charge < -0.3 is 4.18 Å². The maximum absolute atomic E-state index is 12.4. The fourth-order valence-electron chi connectivity index (χ4n) is 2.21. The number of nitro groups is 1. The highest BCUT2D eigenvalue weighted by molar-refractivity contribution is 9.11. The zero-order chi connectivity index (χ0) is 21.7. The Hall–Kier alpha value is -2.83. The minimum atomic E-state index is -4.00.